The van der Waals surface area contributed by atoms with Crippen molar-refractivity contribution in [1.82, 2.24) is 4.90 Å². The predicted molar refractivity (Wildman–Crippen MR) is 85.8 cm³/mol. The Bertz CT molecular complexity index is 403. The Morgan fingerprint density at radius 1 is 1.00 bits per heavy atom. The standard InChI is InChI=1S/C17H29NO3/c1-13-10-14(2)17(15(3)11-13)16(19)12-18(6-8-20-4)7-9-21-5/h10-11,16,19H,6-9,12H2,1-5H3. The van der Waals surface area contributed by atoms with E-state index in [2.05, 4.69) is 37.8 Å². The van der Waals surface area contributed by atoms with Crippen LogP contribution in [0.3, 0.4) is 0 Å². The minimum Gasteiger partial charge on any atom is -0.387 e. The first kappa shape index (κ1) is 18.1. The summed E-state index contributed by atoms with van der Waals surface area (Å²) < 4.78 is 10.3. The lowest BCUT2D eigenvalue weighted by atomic mass is 9.95. The van der Waals surface area contributed by atoms with Gasteiger partial charge >= 0.3 is 0 Å². The number of nitrogens with zero attached hydrogens (tertiary/aromatic N) is 1. The summed E-state index contributed by atoms with van der Waals surface area (Å²) in [6.45, 7) is 9.70. The smallest absolute Gasteiger partial charge is 0.0922 e. The van der Waals surface area contributed by atoms with Crippen LogP contribution in [0.25, 0.3) is 0 Å². The van der Waals surface area contributed by atoms with E-state index in [0.717, 1.165) is 29.8 Å². The van der Waals surface area contributed by atoms with Gasteiger partial charge in [0.1, 0.15) is 0 Å². The Morgan fingerprint density at radius 3 is 1.90 bits per heavy atom. The van der Waals surface area contributed by atoms with Crippen molar-refractivity contribution in [2.45, 2.75) is 26.9 Å². The zero-order valence-corrected chi connectivity index (χ0v) is 14.0. The van der Waals surface area contributed by atoms with E-state index in [9.17, 15) is 5.11 Å². The molecule has 0 aromatic heterocycles. The van der Waals surface area contributed by atoms with Gasteiger partial charge < -0.3 is 14.6 Å². The highest BCUT2D eigenvalue weighted by atomic mass is 16.5. The Morgan fingerprint density at radius 2 is 1.48 bits per heavy atom. The van der Waals surface area contributed by atoms with E-state index in [1.807, 2.05) is 0 Å². The van der Waals surface area contributed by atoms with Gasteiger partial charge in [0.15, 0.2) is 0 Å². The van der Waals surface area contributed by atoms with Gasteiger partial charge in [-0.2, -0.15) is 0 Å². The summed E-state index contributed by atoms with van der Waals surface area (Å²) >= 11 is 0. The van der Waals surface area contributed by atoms with Gasteiger partial charge in [-0.05, 0) is 37.5 Å². The van der Waals surface area contributed by atoms with Gasteiger partial charge in [0, 0.05) is 33.9 Å². The summed E-state index contributed by atoms with van der Waals surface area (Å²) in [5.41, 5.74) is 4.58. The van der Waals surface area contributed by atoms with Gasteiger partial charge in [0.05, 0.1) is 19.3 Å². The van der Waals surface area contributed by atoms with Crippen LogP contribution < -0.4 is 0 Å². The van der Waals surface area contributed by atoms with E-state index in [1.165, 1.54) is 5.56 Å². The summed E-state index contributed by atoms with van der Waals surface area (Å²) in [6, 6.07) is 4.25. The first-order chi connectivity index (χ1) is 9.99. The molecule has 0 aliphatic carbocycles. The Hall–Kier alpha value is -0.940. The largest absolute Gasteiger partial charge is 0.387 e. The third-order valence-electron chi connectivity index (χ3n) is 3.73. The van der Waals surface area contributed by atoms with Crippen LogP contribution in [0.2, 0.25) is 0 Å². The molecular weight excluding hydrogens is 266 g/mol. The molecule has 1 atom stereocenters. The average Bonchev–Trinajstić information content (AvgIpc) is 2.40. The van der Waals surface area contributed by atoms with Crippen LogP contribution in [0.15, 0.2) is 12.1 Å². The second-order valence-electron chi connectivity index (χ2n) is 5.61. The summed E-state index contributed by atoms with van der Waals surface area (Å²) in [5, 5.41) is 10.6. The van der Waals surface area contributed by atoms with Crippen molar-refractivity contribution in [2.24, 2.45) is 0 Å². The normalized spacial score (nSPS) is 12.9. The molecule has 0 saturated carbocycles. The lowest BCUT2D eigenvalue weighted by Gasteiger charge is -2.26. The van der Waals surface area contributed by atoms with Crippen LogP contribution in [0.5, 0.6) is 0 Å². The Balaban J connectivity index is 2.78. The Labute approximate surface area is 128 Å². The highest BCUT2D eigenvalue weighted by Crippen LogP contribution is 2.24. The molecule has 1 rings (SSSR count). The number of hydrogen-bond donors (Lipinski definition) is 1. The molecule has 0 spiro atoms. The molecule has 21 heavy (non-hydrogen) atoms. The molecule has 1 unspecified atom stereocenters. The van der Waals surface area contributed by atoms with E-state index in [0.29, 0.717) is 19.8 Å². The molecule has 120 valence electrons. The Kier molecular flexibility index (Phi) is 7.89. The zero-order valence-electron chi connectivity index (χ0n) is 14.0. The summed E-state index contributed by atoms with van der Waals surface area (Å²) in [7, 11) is 3.39. The fraction of sp³-hybridized carbons (Fsp3) is 0.647. The molecule has 1 N–H and O–H groups in total. The van der Waals surface area contributed by atoms with Gasteiger partial charge in [0.2, 0.25) is 0 Å². The number of aryl methyl sites for hydroxylation is 3. The van der Waals surface area contributed by atoms with E-state index in [-0.39, 0.29) is 0 Å². The van der Waals surface area contributed by atoms with Crippen LogP contribution in [0.4, 0.5) is 0 Å². The van der Waals surface area contributed by atoms with Crippen molar-refractivity contribution in [3.05, 3.63) is 34.4 Å². The van der Waals surface area contributed by atoms with Gasteiger partial charge in [0.25, 0.3) is 0 Å². The third kappa shape index (κ3) is 5.75. The predicted octanol–water partition coefficient (Wildman–Crippen LogP) is 2.24. The van der Waals surface area contributed by atoms with Crippen LogP contribution in [0.1, 0.15) is 28.4 Å². The minimum atomic E-state index is -0.487. The van der Waals surface area contributed by atoms with Gasteiger partial charge in [-0.15, -0.1) is 0 Å². The number of ether oxygens (including phenoxy) is 2. The summed E-state index contributed by atoms with van der Waals surface area (Å²) in [5.74, 6) is 0. The molecule has 4 nitrogen and oxygen atoms in total. The molecule has 0 heterocycles. The van der Waals surface area contributed by atoms with E-state index < -0.39 is 6.10 Å². The fourth-order valence-corrected chi connectivity index (χ4v) is 2.79. The number of benzene rings is 1. The molecule has 1 aromatic rings. The van der Waals surface area contributed by atoms with Gasteiger partial charge in [-0.3, -0.25) is 4.90 Å². The molecule has 0 radical (unpaired) electrons. The number of rotatable bonds is 9. The van der Waals surface area contributed by atoms with Gasteiger partial charge in [-0.25, -0.2) is 0 Å². The summed E-state index contributed by atoms with van der Waals surface area (Å²) in [4.78, 5) is 2.18. The molecule has 0 bridgehead atoms. The minimum absolute atomic E-state index is 0.487. The molecule has 4 heteroatoms. The van der Waals surface area contributed by atoms with E-state index in [1.54, 1.807) is 14.2 Å². The molecule has 0 saturated heterocycles. The van der Waals surface area contributed by atoms with Gasteiger partial charge in [-0.1, -0.05) is 17.7 Å². The maximum atomic E-state index is 10.6. The molecule has 0 aliphatic heterocycles. The molecular formula is C17H29NO3. The second-order valence-corrected chi connectivity index (χ2v) is 5.61. The highest BCUT2D eigenvalue weighted by Gasteiger charge is 2.17. The molecule has 0 fully saturated rings. The van der Waals surface area contributed by atoms with Crippen molar-refractivity contribution in [3.63, 3.8) is 0 Å². The SMILES string of the molecule is COCCN(CCOC)CC(O)c1c(C)cc(C)cc1C. The number of aliphatic hydroxyl groups is 1. The maximum absolute atomic E-state index is 10.6. The molecule has 1 aromatic carbocycles. The van der Waals surface area contributed by atoms with Crippen molar-refractivity contribution < 1.29 is 14.6 Å². The topological polar surface area (TPSA) is 41.9 Å². The lowest BCUT2D eigenvalue weighted by Crippen LogP contribution is -2.34. The first-order valence-electron chi connectivity index (χ1n) is 7.45. The lowest BCUT2D eigenvalue weighted by molar-refractivity contribution is 0.0692. The van der Waals surface area contributed by atoms with Crippen molar-refractivity contribution in [2.75, 3.05) is 47.1 Å². The summed E-state index contributed by atoms with van der Waals surface area (Å²) in [6.07, 6.45) is -0.487. The highest BCUT2D eigenvalue weighted by molar-refractivity contribution is 5.39. The number of hydrogen-bond acceptors (Lipinski definition) is 4. The third-order valence-corrected chi connectivity index (χ3v) is 3.73. The quantitative estimate of drug-likeness (QED) is 0.758. The zero-order chi connectivity index (χ0) is 15.8. The van der Waals surface area contributed by atoms with Crippen molar-refractivity contribution in [1.29, 1.82) is 0 Å². The number of methoxy groups -OCH3 is 2. The van der Waals surface area contributed by atoms with Crippen molar-refractivity contribution in [3.8, 4) is 0 Å². The maximum Gasteiger partial charge on any atom is 0.0922 e. The van der Waals surface area contributed by atoms with E-state index in [4.69, 9.17) is 9.47 Å². The average molecular weight is 295 g/mol. The van der Waals surface area contributed by atoms with E-state index >= 15 is 0 Å². The van der Waals surface area contributed by atoms with Crippen LogP contribution in [0, 0.1) is 20.8 Å². The monoisotopic (exact) mass is 295 g/mol. The molecule has 0 aliphatic rings. The second kappa shape index (κ2) is 9.15. The van der Waals surface area contributed by atoms with Crippen molar-refractivity contribution >= 4 is 0 Å². The van der Waals surface area contributed by atoms with Crippen LogP contribution in [-0.2, 0) is 9.47 Å². The first-order valence-corrected chi connectivity index (χ1v) is 7.45. The number of aliphatic hydroxyl groups excluding tert-OH is 1. The van der Waals surface area contributed by atoms with Crippen LogP contribution >= 0.6 is 0 Å². The fourth-order valence-electron chi connectivity index (χ4n) is 2.79. The van der Waals surface area contributed by atoms with Crippen LogP contribution in [-0.4, -0.2) is 57.1 Å². The molecule has 0 amide bonds.